The average Bonchev–Trinajstić information content (AvgIpc) is 3.44. The summed E-state index contributed by atoms with van der Waals surface area (Å²) in [7, 11) is 0. The first-order valence-corrected chi connectivity index (χ1v) is 10.7. The van der Waals surface area contributed by atoms with Crippen molar-refractivity contribution in [2.24, 2.45) is 0 Å². The van der Waals surface area contributed by atoms with E-state index in [2.05, 4.69) is 10.9 Å². The number of carbonyl (C=O) groups excluding carboxylic acids is 1. The van der Waals surface area contributed by atoms with E-state index in [-0.39, 0.29) is 11.5 Å². The number of ketones is 1. The number of aromatic hydroxyl groups is 1. The molecule has 1 aliphatic heterocycles. The summed E-state index contributed by atoms with van der Waals surface area (Å²) in [4.78, 5) is 13.1. The zero-order valence-corrected chi connectivity index (χ0v) is 17.6. The Balaban J connectivity index is 1.35. The van der Waals surface area contributed by atoms with Gasteiger partial charge in [0.2, 0.25) is 0 Å². The third-order valence-electron chi connectivity index (χ3n) is 5.99. The molecule has 0 spiro atoms. The van der Waals surface area contributed by atoms with Crippen LogP contribution in [0.5, 0.6) is 5.75 Å². The standard InChI is InChI=1S/C26H22F2N2O3/c27-24(28)26-30-29-25(33-26)19-8-6-17-13-18(23(32)22(17)14-19)7-5-15-3-1-2-4-21(15)16-9-11-20(31)12-10-16/h1-4,6-12,14,24-26,29-31H,5,13H2/b18-7+. The number of halogens is 2. The number of hydrogen-bond donors (Lipinski definition) is 3. The van der Waals surface area contributed by atoms with E-state index in [0.717, 1.165) is 22.3 Å². The second-order valence-electron chi connectivity index (χ2n) is 8.12. The molecule has 1 heterocycles. The molecule has 5 nitrogen and oxygen atoms in total. The first-order chi connectivity index (χ1) is 16.0. The summed E-state index contributed by atoms with van der Waals surface area (Å²) in [5.74, 6) is 0.163. The average molecular weight is 448 g/mol. The van der Waals surface area contributed by atoms with Gasteiger partial charge in [0.05, 0.1) is 0 Å². The van der Waals surface area contributed by atoms with E-state index in [0.29, 0.717) is 29.5 Å². The largest absolute Gasteiger partial charge is 0.508 e. The number of Topliss-reactive ketones (excluding diaryl/α,β-unsaturated/α-hetero) is 1. The number of benzene rings is 3. The van der Waals surface area contributed by atoms with Gasteiger partial charge in [0.15, 0.2) is 12.0 Å². The molecule has 0 amide bonds. The van der Waals surface area contributed by atoms with Gasteiger partial charge in [0, 0.05) is 17.6 Å². The molecule has 33 heavy (non-hydrogen) atoms. The fraction of sp³-hybridized carbons (Fsp3) is 0.192. The second-order valence-corrected chi connectivity index (χ2v) is 8.12. The van der Waals surface area contributed by atoms with Crippen molar-refractivity contribution in [1.29, 1.82) is 0 Å². The Morgan fingerprint density at radius 3 is 2.58 bits per heavy atom. The highest BCUT2D eigenvalue weighted by Crippen LogP contribution is 2.32. The van der Waals surface area contributed by atoms with Crippen LogP contribution in [0.4, 0.5) is 8.78 Å². The van der Waals surface area contributed by atoms with Crippen molar-refractivity contribution in [2.45, 2.75) is 31.7 Å². The first kappa shape index (κ1) is 21.5. The number of rotatable bonds is 5. The molecule has 168 valence electrons. The summed E-state index contributed by atoms with van der Waals surface area (Å²) in [6.07, 6.45) is -1.70. The number of nitrogens with one attached hydrogen (secondary N) is 2. The fourth-order valence-corrected chi connectivity index (χ4v) is 4.26. The lowest BCUT2D eigenvalue weighted by molar-refractivity contribution is -0.0599. The van der Waals surface area contributed by atoms with Crippen LogP contribution < -0.4 is 10.9 Å². The topological polar surface area (TPSA) is 70.6 Å². The van der Waals surface area contributed by atoms with Crippen LogP contribution >= 0.6 is 0 Å². The van der Waals surface area contributed by atoms with Gasteiger partial charge in [0.1, 0.15) is 12.0 Å². The van der Waals surface area contributed by atoms with Crippen molar-refractivity contribution in [1.82, 2.24) is 10.9 Å². The van der Waals surface area contributed by atoms with Gasteiger partial charge in [-0.15, -0.1) is 0 Å². The number of phenols is 1. The maximum atomic E-state index is 13.1. The van der Waals surface area contributed by atoms with Crippen LogP contribution in [-0.2, 0) is 17.6 Å². The number of carbonyl (C=O) groups is 1. The summed E-state index contributed by atoms with van der Waals surface area (Å²) < 4.78 is 31.0. The minimum absolute atomic E-state index is 0.0506. The van der Waals surface area contributed by atoms with Gasteiger partial charge in [-0.3, -0.25) is 4.79 Å². The Kier molecular flexibility index (Phi) is 5.76. The number of phenolic OH excluding ortho intramolecular Hbond substituents is 1. The summed E-state index contributed by atoms with van der Waals surface area (Å²) in [5.41, 5.74) is 11.1. The Labute approximate surface area is 189 Å². The van der Waals surface area contributed by atoms with Gasteiger partial charge >= 0.3 is 0 Å². The molecule has 0 aromatic heterocycles. The quantitative estimate of drug-likeness (QED) is 0.495. The molecule has 7 heteroatoms. The second kappa shape index (κ2) is 8.86. The van der Waals surface area contributed by atoms with Gasteiger partial charge < -0.3 is 9.84 Å². The Hall–Kier alpha value is -3.39. The van der Waals surface area contributed by atoms with Crippen LogP contribution in [0.25, 0.3) is 11.1 Å². The van der Waals surface area contributed by atoms with Crippen LogP contribution in [0, 0.1) is 0 Å². The van der Waals surface area contributed by atoms with Crippen LogP contribution in [0.2, 0.25) is 0 Å². The van der Waals surface area contributed by atoms with E-state index in [1.54, 1.807) is 24.3 Å². The molecule has 1 aliphatic carbocycles. The summed E-state index contributed by atoms with van der Waals surface area (Å²) in [5, 5.41) is 9.57. The molecule has 3 aromatic carbocycles. The molecule has 0 saturated carbocycles. The van der Waals surface area contributed by atoms with Crippen molar-refractivity contribution in [2.75, 3.05) is 0 Å². The molecule has 5 rings (SSSR count). The van der Waals surface area contributed by atoms with Crippen molar-refractivity contribution < 1.29 is 23.4 Å². The predicted octanol–water partition coefficient (Wildman–Crippen LogP) is 4.68. The molecule has 2 atom stereocenters. The minimum Gasteiger partial charge on any atom is -0.508 e. The highest BCUT2D eigenvalue weighted by atomic mass is 19.3. The lowest BCUT2D eigenvalue weighted by Gasteiger charge is -2.12. The molecule has 3 aromatic rings. The lowest BCUT2D eigenvalue weighted by atomic mass is 9.96. The predicted molar refractivity (Wildman–Crippen MR) is 120 cm³/mol. The first-order valence-electron chi connectivity index (χ1n) is 10.7. The summed E-state index contributed by atoms with van der Waals surface area (Å²) in [6.45, 7) is 0. The Bertz CT molecular complexity index is 1220. The van der Waals surface area contributed by atoms with Crippen molar-refractivity contribution in [3.8, 4) is 16.9 Å². The zero-order valence-electron chi connectivity index (χ0n) is 17.6. The van der Waals surface area contributed by atoms with Crippen molar-refractivity contribution in [3.05, 3.63) is 101 Å². The number of hydrogen-bond acceptors (Lipinski definition) is 5. The highest BCUT2D eigenvalue weighted by Gasteiger charge is 2.33. The normalized spacial score (nSPS) is 21.2. The number of alkyl halides is 2. The van der Waals surface area contributed by atoms with Crippen LogP contribution in [-0.4, -0.2) is 23.5 Å². The third-order valence-corrected chi connectivity index (χ3v) is 5.99. The molecule has 1 fully saturated rings. The maximum Gasteiger partial charge on any atom is 0.278 e. The van der Waals surface area contributed by atoms with E-state index in [1.165, 1.54) is 0 Å². The lowest BCUT2D eigenvalue weighted by Crippen LogP contribution is -2.35. The number of ether oxygens (including phenoxy) is 1. The van der Waals surface area contributed by atoms with Gasteiger partial charge in [-0.05, 0) is 52.4 Å². The van der Waals surface area contributed by atoms with E-state index < -0.39 is 18.9 Å². The smallest absolute Gasteiger partial charge is 0.278 e. The summed E-state index contributed by atoms with van der Waals surface area (Å²) in [6, 6.07) is 20.4. The number of allylic oxidation sites excluding steroid dienone is 2. The molecule has 3 N–H and O–H groups in total. The third kappa shape index (κ3) is 4.30. The SMILES string of the molecule is O=C1/C(=C/Cc2ccccc2-c2ccc(O)cc2)Cc2ccc(C3NNC(C(F)F)O3)cc21. The van der Waals surface area contributed by atoms with Crippen LogP contribution in [0.1, 0.15) is 33.3 Å². The molecule has 1 saturated heterocycles. The molecular formula is C26H22F2N2O3. The molecule has 0 bridgehead atoms. The van der Waals surface area contributed by atoms with Gasteiger partial charge in [-0.2, -0.15) is 0 Å². The molecule has 0 radical (unpaired) electrons. The van der Waals surface area contributed by atoms with Crippen LogP contribution in [0.15, 0.2) is 78.4 Å². The summed E-state index contributed by atoms with van der Waals surface area (Å²) >= 11 is 0. The van der Waals surface area contributed by atoms with E-state index in [9.17, 15) is 18.7 Å². The van der Waals surface area contributed by atoms with E-state index in [1.807, 2.05) is 48.5 Å². The minimum atomic E-state index is -2.66. The van der Waals surface area contributed by atoms with Gasteiger partial charge in [0.25, 0.3) is 6.43 Å². The highest BCUT2D eigenvalue weighted by molar-refractivity contribution is 6.13. The number of fused-ring (bicyclic) bond motifs is 1. The van der Waals surface area contributed by atoms with E-state index in [4.69, 9.17) is 4.74 Å². The molecular weight excluding hydrogens is 426 g/mol. The fourth-order valence-electron chi connectivity index (χ4n) is 4.26. The Morgan fingerprint density at radius 1 is 1.03 bits per heavy atom. The Morgan fingerprint density at radius 2 is 1.82 bits per heavy atom. The molecule has 2 aliphatic rings. The van der Waals surface area contributed by atoms with Crippen molar-refractivity contribution >= 4 is 5.78 Å². The molecule has 2 unspecified atom stereocenters. The van der Waals surface area contributed by atoms with E-state index >= 15 is 0 Å². The number of hydrazine groups is 1. The monoisotopic (exact) mass is 448 g/mol. The van der Waals surface area contributed by atoms with Crippen molar-refractivity contribution in [3.63, 3.8) is 0 Å². The van der Waals surface area contributed by atoms with Gasteiger partial charge in [-0.1, -0.05) is 54.6 Å². The van der Waals surface area contributed by atoms with Crippen LogP contribution in [0.3, 0.4) is 0 Å². The zero-order chi connectivity index (χ0) is 22.9. The van der Waals surface area contributed by atoms with Gasteiger partial charge in [-0.25, -0.2) is 19.6 Å². The maximum absolute atomic E-state index is 13.1.